The zero-order valence-electron chi connectivity index (χ0n) is 9.93. The predicted octanol–water partition coefficient (Wildman–Crippen LogP) is 1.61. The topological polar surface area (TPSA) is 56.7 Å². The summed E-state index contributed by atoms with van der Waals surface area (Å²) in [5.74, 6) is 0. The highest BCUT2D eigenvalue weighted by molar-refractivity contribution is 5.35. The summed E-state index contributed by atoms with van der Waals surface area (Å²) in [5, 5.41) is 8.52. The fraction of sp³-hybridized carbons (Fsp3) is 0.385. The third kappa shape index (κ3) is 2.22. The van der Waals surface area contributed by atoms with E-state index in [1.165, 1.54) is 5.56 Å². The van der Waals surface area contributed by atoms with Gasteiger partial charge in [0.25, 0.3) is 0 Å². The van der Waals surface area contributed by atoms with E-state index in [0.29, 0.717) is 0 Å². The molecule has 0 spiro atoms. The van der Waals surface area contributed by atoms with Gasteiger partial charge in [-0.2, -0.15) is 15.0 Å². The second kappa shape index (κ2) is 3.67. The van der Waals surface area contributed by atoms with Crippen LogP contribution in [0.2, 0.25) is 0 Å². The molecule has 1 aromatic carbocycles. The molecular weight excluding hydrogens is 212 g/mol. The minimum absolute atomic E-state index is 0.0477. The molecule has 0 unspecified atom stereocenters. The Kier molecular flexibility index (Phi) is 2.26. The lowest BCUT2D eigenvalue weighted by atomic mass is 10.0. The molecule has 0 radical (unpaired) electrons. The Hall–Kier alpha value is -1.68. The first kappa shape index (κ1) is 10.5. The highest BCUT2D eigenvalue weighted by Gasteiger charge is 2.37. The van der Waals surface area contributed by atoms with E-state index in [-0.39, 0.29) is 5.54 Å². The molecule has 1 saturated carbocycles. The van der Waals surface area contributed by atoms with E-state index >= 15 is 0 Å². The second-order valence-corrected chi connectivity index (χ2v) is 4.98. The second-order valence-electron chi connectivity index (χ2n) is 4.98. The average molecular weight is 228 g/mol. The standard InChI is InChI=1S/C13H16N4/c1-10-9-15-17(16-10)12-4-2-3-11(7-12)8-13(14)5-6-13/h2-4,7,9H,5-6,8,14H2,1H3. The Balaban J connectivity index is 1.88. The van der Waals surface area contributed by atoms with Gasteiger partial charge in [-0.25, -0.2) is 0 Å². The van der Waals surface area contributed by atoms with Crippen molar-refractivity contribution in [2.75, 3.05) is 0 Å². The van der Waals surface area contributed by atoms with Gasteiger partial charge in [-0.1, -0.05) is 12.1 Å². The van der Waals surface area contributed by atoms with Crippen LogP contribution in [0.4, 0.5) is 0 Å². The van der Waals surface area contributed by atoms with Crippen molar-refractivity contribution in [1.29, 1.82) is 0 Å². The molecule has 0 amide bonds. The van der Waals surface area contributed by atoms with Crippen molar-refractivity contribution < 1.29 is 0 Å². The largest absolute Gasteiger partial charge is 0.325 e. The molecule has 0 aliphatic heterocycles. The summed E-state index contributed by atoms with van der Waals surface area (Å²) in [5.41, 5.74) is 9.37. The quantitative estimate of drug-likeness (QED) is 0.868. The lowest BCUT2D eigenvalue weighted by Crippen LogP contribution is -2.24. The van der Waals surface area contributed by atoms with Crippen LogP contribution in [0.25, 0.3) is 5.69 Å². The smallest absolute Gasteiger partial charge is 0.0859 e. The fourth-order valence-electron chi connectivity index (χ4n) is 2.00. The van der Waals surface area contributed by atoms with Crippen LogP contribution < -0.4 is 5.73 Å². The van der Waals surface area contributed by atoms with Crippen molar-refractivity contribution >= 4 is 0 Å². The summed E-state index contributed by atoms with van der Waals surface area (Å²) in [6, 6.07) is 8.29. The summed E-state index contributed by atoms with van der Waals surface area (Å²) in [6.07, 6.45) is 4.98. The number of nitrogens with two attached hydrogens (primary N) is 1. The summed E-state index contributed by atoms with van der Waals surface area (Å²) in [4.78, 5) is 1.66. The first-order chi connectivity index (χ1) is 8.15. The van der Waals surface area contributed by atoms with E-state index in [9.17, 15) is 0 Å². The molecule has 17 heavy (non-hydrogen) atoms. The molecule has 2 N–H and O–H groups in total. The molecule has 0 saturated heterocycles. The van der Waals surface area contributed by atoms with Gasteiger partial charge < -0.3 is 5.73 Å². The molecule has 1 aliphatic carbocycles. The molecule has 88 valence electrons. The zero-order valence-corrected chi connectivity index (χ0v) is 9.93. The highest BCUT2D eigenvalue weighted by atomic mass is 15.5. The molecular formula is C13H16N4. The van der Waals surface area contributed by atoms with E-state index < -0.39 is 0 Å². The summed E-state index contributed by atoms with van der Waals surface area (Å²) in [7, 11) is 0. The lowest BCUT2D eigenvalue weighted by Gasteiger charge is -2.09. The van der Waals surface area contributed by atoms with Gasteiger partial charge in [0.2, 0.25) is 0 Å². The van der Waals surface area contributed by atoms with Gasteiger partial charge in [0.1, 0.15) is 0 Å². The minimum atomic E-state index is 0.0477. The van der Waals surface area contributed by atoms with Crippen LogP contribution in [-0.2, 0) is 6.42 Å². The minimum Gasteiger partial charge on any atom is -0.325 e. The number of nitrogens with zero attached hydrogens (tertiary/aromatic N) is 3. The SMILES string of the molecule is Cc1cnn(-c2cccc(CC3(N)CC3)c2)n1. The van der Waals surface area contributed by atoms with Crippen LogP contribution >= 0.6 is 0 Å². The van der Waals surface area contributed by atoms with Gasteiger partial charge in [0.15, 0.2) is 0 Å². The highest BCUT2D eigenvalue weighted by Crippen LogP contribution is 2.35. The molecule has 4 heteroatoms. The first-order valence-corrected chi connectivity index (χ1v) is 5.92. The number of aryl methyl sites for hydroxylation is 1. The van der Waals surface area contributed by atoms with Crippen molar-refractivity contribution in [2.45, 2.75) is 31.7 Å². The van der Waals surface area contributed by atoms with E-state index in [4.69, 9.17) is 5.73 Å². The average Bonchev–Trinajstić information content (AvgIpc) is 2.87. The number of benzene rings is 1. The number of hydrogen-bond donors (Lipinski definition) is 1. The van der Waals surface area contributed by atoms with Crippen LogP contribution in [-0.4, -0.2) is 20.5 Å². The normalized spacial score (nSPS) is 17.1. The molecule has 1 heterocycles. The van der Waals surface area contributed by atoms with Crippen molar-refractivity contribution in [3.8, 4) is 5.69 Å². The molecule has 4 nitrogen and oxygen atoms in total. The first-order valence-electron chi connectivity index (χ1n) is 5.92. The third-order valence-electron chi connectivity index (χ3n) is 3.20. The molecule has 2 aromatic rings. The van der Waals surface area contributed by atoms with Crippen LogP contribution in [0.15, 0.2) is 30.5 Å². The van der Waals surface area contributed by atoms with Crippen molar-refractivity contribution in [1.82, 2.24) is 15.0 Å². The summed E-state index contributed by atoms with van der Waals surface area (Å²) >= 11 is 0. The van der Waals surface area contributed by atoms with E-state index in [1.54, 1.807) is 11.0 Å². The van der Waals surface area contributed by atoms with Gasteiger partial charge in [-0.3, -0.25) is 0 Å². The van der Waals surface area contributed by atoms with E-state index in [0.717, 1.165) is 30.6 Å². The number of hydrogen-bond acceptors (Lipinski definition) is 3. The predicted molar refractivity (Wildman–Crippen MR) is 66.0 cm³/mol. The molecule has 1 aliphatic rings. The van der Waals surface area contributed by atoms with Crippen LogP contribution in [0.5, 0.6) is 0 Å². The van der Waals surface area contributed by atoms with E-state index in [1.807, 2.05) is 19.1 Å². The summed E-state index contributed by atoms with van der Waals surface area (Å²) in [6.45, 7) is 1.94. The maximum atomic E-state index is 6.13. The number of rotatable bonds is 3. The van der Waals surface area contributed by atoms with Crippen LogP contribution in [0.3, 0.4) is 0 Å². The Labute approximate surface area is 100 Å². The van der Waals surface area contributed by atoms with Crippen molar-refractivity contribution in [3.05, 3.63) is 41.7 Å². The van der Waals surface area contributed by atoms with Gasteiger partial charge in [-0.15, -0.1) is 0 Å². The molecule has 1 aromatic heterocycles. The monoisotopic (exact) mass is 228 g/mol. The maximum absolute atomic E-state index is 6.13. The molecule has 0 bridgehead atoms. The van der Waals surface area contributed by atoms with E-state index in [2.05, 4.69) is 22.3 Å². The van der Waals surface area contributed by atoms with Crippen LogP contribution in [0, 0.1) is 6.92 Å². The Morgan fingerprint density at radius 2 is 2.24 bits per heavy atom. The fourth-order valence-corrected chi connectivity index (χ4v) is 2.00. The Bertz CT molecular complexity index is 540. The van der Waals surface area contributed by atoms with Crippen molar-refractivity contribution in [2.24, 2.45) is 5.73 Å². The van der Waals surface area contributed by atoms with Crippen LogP contribution in [0.1, 0.15) is 24.1 Å². The lowest BCUT2D eigenvalue weighted by molar-refractivity contribution is 0.669. The molecule has 1 fully saturated rings. The Morgan fingerprint density at radius 3 is 2.88 bits per heavy atom. The molecule has 3 rings (SSSR count). The van der Waals surface area contributed by atoms with Gasteiger partial charge >= 0.3 is 0 Å². The van der Waals surface area contributed by atoms with Gasteiger partial charge in [0, 0.05) is 5.54 Å². The zero-order chi connectivity index (χ0) is 11.9. The maximum Gasteiger partial charge on any atom is 0.0859 e. The van der Waals surface area contributed by atoms with Gasteiger partial charge in [0.05, 0.1) is 17.6 Å². The van der Waals surface area contributed by atoms with Gasteiger partial charge in [-0.05, 0) is 43.9 Å². The third-order valence-corrected chi connectivity index (χ3v) is 3.20. The number of aromatic nitrogens is 3. The summed E-state index contributed by atoms with van der Waals surface area (Å²) < 4.78 is 0. The molecule has 0 atom stereocenters. The Morgan fingerprint density at radius 1 is 1.41 bits per heavy atom. The van der Waals surface area contributed by atoms with Crippen molar-refractivity contribution in [3.63, 3.8) is 0 Å².